The monoisotopic (exact) mass is 627 g/mol. The van der Waals surface area contributed by atoms with Crippen LogP contribution in [0.5, 0.6) is 0 Å². The molecule has 0 heterocycles. The lowest BCUT2D eigenvalue weighted by atomic mass is 9.47. The highest BCUT2D eigenvalue weighted by Crippen LogP contribution is 2.67. The topological polar surface area (TPSA) is 40.5 Å². The molecule has 2 N–H and O–H groups in total. The normalized spacial score (nSPS) is 34.8. The van der Waals surface area contributed by atoms with E-state index in [9.17, 15) is 10.2 Å². The molecule has 45 heavy (non-hydrogen) atoms. The smallest absolute Gasteiger partial charge is 0.0577 e. The van der Waals surface area contributed by atoms with Gasteiger partial charge in [0.1, 0.15) is 0 Å². The van der Waals surface area contributed by atoms with E-state index in [2.05, 4.69) is 40.7 Å². The number of fused-ring (bicyclic) bond motifs is 5. The molecule has 3 fully saturated rings. The zero-order valence-corrected chi connectivity index (χ0v) is 31.0. The van der Waals surface area contributed by atoms with Crippen LogP contribution < -0.4 is 0 Å². The van der Waals surface area contributed by atoms with Gasteiger partial charge in [0, 0.05) is 0 Å². The van der Waals surface area contributed by atoms with Crippen LogP contribution in [-0.2, 0) is 0 Å². The molecule has 2 heteroatoms. The maximum absolute atomic E-state index is 10.9. The second kappa shape index (κ2) is 18.4. The van der Waals surface area contributed by atoms with Gasteiger partial charge in [-0.25, -0.2) is 0 Å². The van der Waals surface area contributed by atoms with E-state index in [0.717, 1.165) is 48.9 Å². The Morgan fingerprint density at radius 1 is 0.711 bits per heavy atom. The van der Waals surface area contributed by atoms with E-state index in [-0.39, 0.29) is 12.2 Å². The Balaban J connectivity index is 1.06. The van der Waals surface area contributed by atoms with Gasteiger partial charge in [0.05, 0.1) is 12.2 Å². The fourth-order valence-electron chi connectivity index (χ4n) is 11.6. The van der Waals surface area contributed by atoms with Gasteiger partial charge in [0.15, 0.2) is 0 Å². The molecule has 262 valence electrons. The minimum atomic E-state index is -0.104. The number of allylic oxidation sites excluding steroid dienone is 1. The van der Waals surface area contributed by atoms with Gasteiger partial charge < -0.3 is 10.2 Å². The SMILES string of the molecule is CCCCCCCCCCCCCCCCC(O)C(C)CCC[C@@H](C)[C@H]1CC[C@H]2[C@@H]3CC=C4C[C@@H](O)CC[C@]4(C)[C@H]3CC[C@]12C. The van der Waals surface area contributed by atoms with Crippen LogP contribution in [0.1, 0.15) is 202 Å². The van der Waals surface area contributed by atoms with E-state index < -0.39 is 0 Å². The molecular weight excluding hydrogens is 548 g/mol. The molecule has 0 aromatic carbocycles. The van der Waals surface area contributed by atoms with Gasteiger partial charge in [-0.05, 0) is 111 Å². The third kappa shape index (κ3) is 9.86. The quantitative estimate of drug-likeness (QED) is 0.0983. The minimum Gasteiger partial charge on any atom is -0.393 e. The number of rotatable bonds is 21. The number of unbranched alkanes of at least 4 members (excludes halogenated alkanes) is 13. The highest BCUT2D eigenvalue weighted by molar-refractivity contribution is 5.25. The van der Waals surface area contributed by atoms with Crippen molar-refractivity contribution in [3.8, 4) is 0 Å². The molecule has 4 aliphatic carbocycles. The average Bonchev–Trinajstić information content (AvgIpc) is 3.38. The molecule has 4 rings (SSSR count). The van der Waals surface area contributed by atoms with Crippen LogP contribution in [0.4, 0.5) is 0 Å². The van der Waals surface area contributed by atoms with Gasteiger partial charge in [-0.2, -0.15) is 0 Å². The molecule has 4 aliphatic rings. The summed E-state index contributed by atoms with van der Waals surface area (Å²) in [6.07, 6.45) is 36.9. The molecule has 0 aliphatic heterocycles. The van der Waals surface area contributed by atoms with Crippen molar-refractivity contribution >= 4 is 0 Å². The van der Waals surface area contributed by atoms with E-state index in [0.29, 0.717) is 16.7 Å². The van der Waals surface area contributed by atoms with Crippen LogP contribution in [0.2, 0.25) is 0 Å². The molecule has 0 saturated heterocycles. The van der Waals surface area contributed by atoms with Crippen molar-refractivity contribution in [2.45, 2.75) is 214 Å². The zero-order valence-electron chi connectivity index (χ0n) is 31.0. The van der Waals surface area contributed by atoms with Crippen LogP contribution in [0.15, 0.2) is 11.6 Å². The zero-order chi connectivity index (χ0) is 32.3. The van der Waals surface area contributed by atoms with Crippen LogP contribution in [0, 0.1) is 46.3 Å². The number of hydrogen-bond donors (Lipinski definition) is 2. The molecule has 0 radical (unpaired) electrons. The lowest BCUT2D eigenvalue weighted by Crippen LogP contribution is -2.50. The average molecular weight is 627 g/mol. The highest BCUT2D eigenvalue weighted by atomic mass is 16.3. The predicted molar refractivity (Wildman–Crippen MR) is 194 cm³/mol. The first-order valence-corrected chi connectivity index (χ1v) is 20.8. The summed E-state index contributed by atoms with van der Waals surface area (Å²) < 4.78 is 0. The van der Waals surface area contributed by atoms with Crippen molar-refractivity contribution in [1.29, 1.82) is 0 Å². The van der Waals surface area contributed by atoms with Gasteiger partial charge in [-0.15, -0.1) is 0 Å². The third-order valence-electron chi connectivity index (χ3n) is 14.7. The lowest BCUT2D eigenvalue weighted by molar-refractivity contribution is -0.0573. The first kappa shape index (κ1) is 37.5. The lowest BCUT2D eigenvalue weighted by Gasteiger charge is -2.58. The van der Waals surface area contributed by atoms with Crippen LogP contribution in [0.3, 0.4) is 0 Å². The van der Waals surface area contributed by atoms with E-state index in [1.807, 2.05) is 0 Å². The van der Waals surface area contributed by atoms with Crippen molar-refractivity contribution < 1.29 is 10.2 Å². The largest absolute Gasteiger partial charge is 0.393 e. The number of hydrogen-bond acceptors (Lipinski definition) is 2. The van der Waals surface area contributed by atoms with Crippen molar-refractivity contribution in [1.82, 2.24) is 0 Å². The van der Waals surface area contributed by atoms with Crippen molar-refractivity contribution in [3.63, 3.8) is 0 Å². The fourth-order valence-corrected chi connectivity index (χ4v) is 11.6. The molecule has 3 saturated carbocycles. The molecular formula is C43H78O2. The summed E-state index contributed by atoms with van der Waals surface area (Å²) in [5, 5.41) is 21.2. The fraction of sp³-hybridized carbons (Fsp3) is 0.953. The van der Waals surface area contributed by atoms with Gasteiger partial charge in [0.2, 0.25) is 0 Å². The summed E-state index contributed by atoms with van der Waals surface area (Å²) in [5.74, 6) is 4.75. The Morgan fingerprint density at radius 3 is 1.98 bits per heavy atom. The molecule has 0 aromatic heterocycles. The van der Waals surface area contributed by atoms with Gasteiger partial charge in [-0.3, -0.25) is 0 Å². The molecule has 0 aromatic rings. The van der Waals surface area contributed by atoms with Crippen molar-refractivity contribution in [3.05, 3.63) is 11.6 Å². The molecule has 0 spiro atoms. The van der Waals surface area contributed by atoms with E-state index in [4.69, 9.17) is 0 Å². The Hall–Kier alpha value is -0.340. The molecule has 10 atom stereocenters. The van der Waals surface area contributed by atoms with Crippen LogP contribution in [-0.4, -0.2) is 22.4 Å². The molecule has 0 amide bonds. The summed E-state index contributed by atoms with van der Waals surface area (Å²) in [6, 6.07) is 0. The summed E-state index contributed by atoms with van der Waals surface area (Å²) in [5.41, 5.74) is 2.49. The second-order valence-corrected chi connectivity index (χ2v) is 17.7. The predicted octanol–water partition coefficient (Wildman–Crippen LogP) is 12.6. The second-order valence-electron chi connectivity index (χ2n) is 17.7. The van der Waals surface area contributed by atoms with Gasteiger partial charge >= 0.3 is 0 Å². The standard InChI is InChI=1S/C43H78O2/c1-6-7-8-9-10-11-12-13-14-15-16-17-18-19-23-41(45)34(3)22-20-21-33(2)38-26-27-39-37-25-24-35-32-36(44)28-30-42(35,4)40(37)29-31-43(38,39)5/h24,33-34,36-41,44-45H,6-23,25-32H2,1-5H3/t33-,34?,36+,37+,38-,39+,40+,41?,42+,43-/m1/s1. The molecule has 0 bridgehead atoms. The van der Waals surface area contributed by atoms with Crippen LogP contribution in [0.25, 0.3) is 0 Å². The Labute approximate surface area is 281 Å². The first-order valence-electron chi connectivity index (χ1n) is 20.8. The summed E-state index contributed by atoms with van der Waals surface area (Å²) in [6.45, 7) is 12.4. The Kier molecular flexibility index (Phi) is 15.3. The number of aliphatic hydroxyl groups is 2. The van der Waals surface area contributed by atoms with Crippen LogP contribution >= 0.6 is 0 Å². The Bertz CT molecular complexity index is 864. The summed E-state index contributed by atoms with van der Waals surface area (Å²) in [7, 11) is 0. The van der Waals surface area contributed by atoms with Gasteiger partial charge in [0.25, 0.3) is 0 Å². The van der Waals surface area contributed by atoms with E-state index >= 15 is 0 Å². The summed E-state index contributed by atoms with van der Waals surface area (Å²) >= 11 is 0. The minimum absolute atomic E-state index is 0.0978. The molecule has 2 nitrogen and oxygen atoms in total. The summed E-state index contributed by atoms with van der Waals surface area (Å²) in [4.78, 5) is 0. The third-order valence-corrected chi connectivity index (χ3v) is 14.7. The first-order chi connectivity index (χ1) is 21.7. The maximum Gasteiger partial charge on any atom is 0.0577 e. The van der Waals surface area contributed by atoms with Gasteiger partial charge in [-0.1, -0.05) is 149 Å². The Morgan fingerprint density at radius 2 is 1.33 bits per heavy atom. The molecule has 2 unspecified atom stereocenters. The highest BCUT2D eigenvalue weighted by Gasteiger charge is 2.59. The maximum atomic E-state index is 10.9. The van der Waals surface area contributed by atoms with Crippen molar-refractivity contribution in [2.75, 3.05) is 0 Å². The van der Waals surface area contributed by atoms with Crippen molar-refractivity contribution in [2.24, 2.45) is 46.3 Å². The number of aliphatic hydroxyl groups excluding tert-OH is 2. The van der Waals surface area contributed by atoms with E-state index in [1.54, 1.807) is 5.57 Å². The van der Waals surface area contributed by atoms with E-state index in [1.165, 1.54) is 148 Å².